The van der Waals surface area contributed by atoms with E-state index < -0.39 is 39.8 Å². The Morgan fingerprint density at radius 3 is 2.69 bits per heavy atom. The average Bonchev–Trinajstić information content (AvgIpc) is 3.51. The SMILES string of the molecule is CC(C)(C)c1cc(NC(=O)CN2C(=O)NC3(CCc4ccccc43)C2=O)n(C2CCS(=O)(=O)C2)n1. The van der Waals surface area contributed by atoms with Crippen molar-refractivity contribution in [3.8, 4) is 0 Å². The molecular weight excluding hydrogens is 470 g/mol. The minimum atomic E-state index is -3.16. The topological polar surface area (TPSA) is 130 Å². The second kappa shape index (κ2) is 7.91. The number of aromatic nitrogens is 2. The average molecular weight is 500 g/mol. The lowest BCUT2D eigenvalue weighted by Crippen LogP contribution is -2.43. The molecule has 2 saturated heterocycles. The third-order valence-corrected chi connectivity index (χ3v) is 8.80. The van der Waals surface area contributed by atoms with Gasteiger partial charge in [0.2, 0.25) is 5.91 Å². The molecular formula is C24H29N5O5S. The van der Waals surface area contributed by atoms with E-state index in [1.165, 1.54) is 0 Å². The number of fused-ring (bicyclic) bond motifs is 2. The molecule has 0 saturated carbocycles. The molecule has 1 spiro atoms. The smallest absolute Gasteiger partial charge is 0.319 e. The van der Waals surface area contributed by atoms with Crippen LogP contribution >= 0.6 is 0 Å². The summed E-state index contributed by atoms with van der Waals surface area (Å²) in [7, 11) is -3.16. The zero-order chi connectivity index (χ0) is 25.2. The molecule has 2 aromatic rings. The summed E-state index contributed by atoms with van der Waals surface area (Å²) in [6.07, 6.45) is 1.53. The van der Waals surface area contributed by atoms with Crippen LogP contribution in [0.1, 0.15) is 56.5 Å². The van der Waals surface area contributed by atoms with E-state index in [1.807, 2.05) is 45.0 Å². The molecule has 1 aromatic carbocycles. The molecule has 3 aliphatic rings. The molecule has 11 heteroatoms. The van der Waals surface area contributed by atoms with E-state index in [1.54, 1.807) is 10.7 Å². The first-order valence-corrected chi connectivity index (χ1v) is 13.5. The van der Waals surface area contributed by atoms with E-state index in [0.717, 1.165) is 16.0 Å². The van der Waals surface area contributed by atoms with Crippen LogP contribution in [0, 0.1) is 0 Å². The fourth-order valence-electron chi connectivity index (χ4n) is 5.16. The number of anilines is 1. The van der Waals surface area contributed by atoms with Crippen molar-refractivity contribution >= 4 is 33.5 Å². The van der Waals surface area contributed by atoms with Crippen molar-refractivity contribution in [2.24, 2.45) is 0 Å². The second-order valence-electron chi connectivity index (χ2n) is 10.6. The number of carbonyl (C=O) groups is 3. The molecule has 2 N–H and O–H groups in total. The summed E-state index contributed by atoms with van der Waals surface area (Å²) < 4.78 is 25.7. The normalized spacial score (nSPS) is 25.2. The van der Waals surface area contributed by atoms with Crippen LogP contribution in [0.2, 0.25) is 0 Å². The van der Waals surface area contributed by atoms with Gasteiger partial charge in [0.05, 0.1) is 23.2 Å². The second-order valence-corrected chi connectivity index (χ2v) is 12.8. The molecule has 2 fully saturated rings. The van der Waals surface area contributed by atoms with Gasteiger partial charge in [0.1, 0.15) is 17.9 Å². The Hall–Kier alpha value is -3.21. The van der Waals surface area contributed by atoms with E-state index in [-0.39, 0.29) is 23.0 Å². The van der Waals surface area contributed by atoms with Crippen LogP contribution in [0.3, 0.4) is 0 Å². The molecule has 1 aliphatic carbocycles. The summed E-state index contributed by atoms with van der Waals surface area (Å²) in [6.45, 7) is 5.47. The lowest BCUT2D eigenvalue weighted by Gasteiger charge is -2.22. The van der Waals surface area contributed by atoms with Gasteiger partial charge in [-0.05, 0) is 30.4 Å². The van der Waals surface area contributed by atoms with Crippen LogP contribution in [0.5, 0.6) is 0 Å². The van der Waals surface area contributed by atoms with Gasteiger partial charge in [-0.25, -0.2) is 17.9 Å². The van der Waals surface area contributed by atoms with Gasteiger partial charge in [-0.1, -0.05) is 45.0 Å². The quantitative estimate of drug-likeness (QED) is 0.618. The highest BCUT2D eigenvalue weighted by molar-refractivity contribution is 7.91. The van der Waals surface area contributed by atoms with Crippen LogP contribution in [0.25, 0.3) is 0 Å². The third-order valence-electron chi connectivity index (χ3n) is 7.05. The summed E-state index contributed by atoms with van der Waals surface area (Å²) in [5.74, 6) is -0.611. The largest absolute Gasteiger partial charge is 0.325 e. The molecule has 4 amide bonds. The first-order valence-electron chi connectivity index (χ1n) is 11.7. The van der Waals surface area contributed by atoms with E-state index in [4.69, 9.17) is 0 Å². The summed E-state index contributed by atoms with van der Waals surface area (Å²) in [6, 6.07) is 8.24. The van der Waals surface area contributed by atoms with E-state index in [2.05, 4.69) is 15.7 Å². The third kappa shape index (κ3) is 4.01. The van der Waals surface area contributed by atoms with E-state index >= 15 is 0 Å². The molecule has 2 atom stereocenters. The molecule has 10 nitrogen and oxygen atoms in total. The van der Waals surface area contributed by atoms with Crippen LogP contribution in [0.15, 0.2) is 30.3 Å². The maximum Gasteiger partial charge on any atom is 0.325 e. The monoisotopic (exact) mass is 499 g/mol. The highest BCUT2D eigenvalue weighted by Gasteiger charge is 2.55. The lowest BCUT2D eigenvalue weighted by atomic mass is 9.92. The van der Waals surface area contributed by atoms with Crippen molar-refractivity contribution in [3.05, 3.63) is 47.2 Å². The number of hydrogen-bond acceptors (Lipinski definition) is 6. The van der Waals surface area contributed by atoms with Crippen molar-refractivity contribution in [3.63, 3.8) is 0 Å². The molecule has 0 bridgehead atoms. The molecule has 35 heavy (non-hydrogen) atoms. The maximum atomic E-state index is 13.4. The van der Waals surface area contributed by atoms with Crippen molar-refractivity contribution in [2.75, 3.05) is 23.4 Å². The lowest BCUT2D eigenvalue weighted by molar-refractivity contribution is -0.134. The molecule has 0 radical (unpaired) electrons. The van der Waals surface area contributed by atoms with Gasteiger partial charge < -0.3 is 10.6 Å². The summed E-state index contributed by atoms with van der Waals surface area (Å²) in [4.78, 5) is 40.1. The van der Waals surface area contributed by atoms with Gasteiger partial charge >= 0.3 is 6.03 Å². The predicted octanol–water partition coefficient (Wildman–Crippen LogP) is 1.87. The Bertz CT molecular complexity index is 1340. The van der Waals surface area contributed by atoms with Crippen molar-refractivity contribution in [2.45, 2.75) is 57.0 Å². The number of amides is 4. The first kappa shape index (κ1) is 23.5. The van der Waals surface area contributed by atoms with Gasteiger partial charge in [0.25, 0.3) is 5.91 Å². The number of imide groups is 1. The van der Waals surface area contributed by atoms with Crippen LogP contribution in [0.4, 0.5) is 10.6 Å². The van der Waals surface area contributed by atoms with Gasteiger partial charge in [0, 0.05) is 11.5 Å². The fraction of sp³-hybridized carbons (Fsp3) is 0.500. The molecule has 3 heterocycles. The Balaban J connectivity index is 1.37. The number of benzene rings is 1. The number of rotatable bonds is 4. The number of carbonyl (C=O) groups excluding carboxylic acids is 3. The Labute approximate surface area is 204 Å². The highest BCUT2D eigenvalue weighted by Crippen LogP contribution is 2.41. The maximum absolute atomic E-state index is 13.4. The van der Waals surface area contributed by atoms with Gasteiger partial charge in [-0.3, -0.25) is 14.5 Å². The summed E-state index contributed by atoms with van der Waals surface area (Å²) in [5, 5.41) is 10.2. The molecule has 1 aromatic heterocycles. The zero-order valence-electron chi connectivity index (χ0n) is 20.0. The number of nitrogens with one attached hydrogen (secondary N) is 2. The van der Waals surface area contributed by atoms with Crippen molar-refractivity contribution in [1.82, 2.24) is 20.0 Å². The Kier molecular flexibility index (Phi) is 5.31. The highest BCUT2D eigenvalue weighted by atomic mass is 32.2. The summed E-state index contributed by atoms with van der Waals surface area (Å²) >= 11 is 0. The van der Waals surface area contributed by atoms with Gasteiger partial charge in [0.15, 0.2) is 9.84 Å². The number of nitrogens with zero attached hydrogens (tertiary/aromatic N) is 3. The first-order chi connectivity index (χ1) is 16.4. The van der Waals surface area contributed by atoms with Crippen molar-refractivity contribution < 1.29 is 22.8 Å². The standard InChI is InChI=1S/C24H29N5O5S/c1-23(2,3)18-12-19(29(27-18)16-9-11-35(33,34)14-16)25-20(30)13-28-21(31)24(26-22(28)32)10-8-15-6-4-5-7-17(15)24/h4-7,12,16H,8-11,13-14H2,1-3H3,(H,25,30)(H,26,32). The van der Waals surface area contributed by atoms with Crippen molar-refractivity contribution in [1.29, 1.82) is 0 Å². The van der Waals surface area contributed by atoms with Gasteiger partial charge in [-0.2, -0.15) is 5.10 Å². The fourth-order valence-corrected chi connectivity index (χ4v) is 6.85. The van der Waals surface area contributed by atoms with E-state index in [0.29, 0.717) is 30.8 Å². The predicted molar refractivity (Wildman–Crippen MR) is 129 cm³/mol. The minimum absolute atomic E-state index is 0.0456. The van der Waals surface area contributed by atoms with E-state index in [9.17, 15) is 22.8 Å². The molecule has 5 rings (SSSR count). The van der Waals surface area contributed by atoms with Crippen LogP contribution in [-0.4, -0.2) is 59.0 Å². The molecule has 186 valence electrons. The molecule has 2 unspecified atom stereocenters. The number of hydrogen-bond donors (Lipinski definition) is 2. The van der Waals surface area contributed by atoms with Crippen LogP contribution in [-0.2, 0) is 36.8 Å². The zero-order valence-corrected chi connectivity index (χ0v) is 20.8. The van der Waals surface area contributed by atoms with Crippen LogP contribution < -0.4 is 10.6 Å². The molecule has 2 aliphatic heterocycles. The Morgan fingerprint density at radius 2 is 2.00 bits per heavy atom. The number of aryl methyl sites for hydroxylation is 1. The minimum Gasteiger partial charge on any atom is -0.319 e. The number of urea groups is 1. The number of sulfone groups is 1. The van der Waals surface area contributed by atoms with Gasteiger partial charge in [-0.15, -0.1) is 0 Å². The Morgan fingerprint density at radius 1 is 1.26 bits per heavy atom. The summed E-state index contributed by atoms with van der Waals surface area (Å²) in [5.41, 5.74) is 1.03.